The largest absolute Gasteiger partial charge is 0.340 e. The lowest BCUT2D eigenvalue weighted by Crippen LogP contribution is -2.29. The van der Waals surface area contributed by atoms with Gasteiger partial charge in [-0.15, -0.1) is 5.10 Å². The molecule has 1 atom stereocenters. The molecule has 0 aliphatic heterocycles. The van der Waals surface area contributed by atoms with E-state index in [1.165, 1.54) is 23.0 Å². The van der Waals surface area contributed by atoms with Gasteiger partial charge in [0.25, 0.3) is 5.91 Å². The summed E-state index contributed by atoms with van der Waals surface area (Å²) in [4.78, 5) is 16.5. The predicted octanol–water partition coefficient (Wildman–Crippen LogP) is 1.29. The van der Waals surface area contributed by atoms with Crippen LogP contribution in [-0.2, 0) is 6.54 Å². The van der Waals surface area contributed by atoms with Crippen molar-refractivity contribution >= 4 is 5.91 Å². The Labute approximate surface area is 143 Å². The number of aromatic nitrogens is 4. The molecule has 0 fully saturated rings. The maximum absolute atomic E-state index is 13.2. The smallest absolute Gasteiger partial charge is 0.274 e. The van der Waals surface area contributed by atoms with Crippen molar-refractivity contribution in [3.05, 3.63) is 77.6 Å². The summed E-state index contributed by atoms with van der Waals surface area (Å²) in [5.74, 6) is -0.720. The zero-order valence-electron chi connectivity index (χ0n) is 13.3. The van der Waals surface area contributed by atoms with E-state index >= 15 is 0 Å². The quantitative estimate of drug-likeness (QED) is 0.704. The summed E-state index contributed by atoms with van der Waals surface area (Å²) in [5.41, 5.74) is 7.22. The van der Waals surface area contributed by atoms with Gasteiger partial charge < -0.3 is 11.1 Å². The number of nitrogens with zero attached hydrogens (tertiary/aromatic N) is 4. The van der Waals surface area contributed by atoms with Crippen molar-refractivity contribution < 1.29 is 9.18 Å². The molecule has 1 aromatic carbocycles. The Bertz CT molecular complexity index is 834. The first-order valence-corrected chi connectivity index (χ1v) is 7.74. The molecule has 0 aliphatic carbocycles. The number of pyridine rings is 1. The average molecular weight is 340 g/mol. The van der Waals surface area contributed by atoms with Crippen LogP contribution in [0.1, 0.15) is 27.7 Å². The normalized spacial score (nSPS) is 11.9. The summed E-state index contributed by atoms with van der Waals surface area (Å²) in [7, 11) is 0. The molecule has 3 N–H and O–H groups in total. The summed E-state index contributed by atoms with van der Waals surface area (Å²) < 4.78 is 14.7. The molecule has 0 spiro atoms. The Morgan fingerprint density at radius 2 is 1.84 bits per heavy atom. The number of amides is 1. The van der Waals surface area contributed by atoms with E-state index in [0.29, 0.717) is 13.1 Å². The number of carbonyl (C=O) groups excluding carboxylic acids is 1. The van der Waals surface area contributed by atoms with E-state index in [2.05, 4.69) is 20.6 Å². The molecule has 2 aromatic heterocycles. The fourth-order valence-electron chi connectivity index (χ4n) is 2.42. The zero-order valence-corrected chi connectivity index (χ0v) is 13.3. The molecule has 2 heterocycles. The van der Waals surface area contributed by atoms with Gasteiger partial charge in [-0.05, 0) is 35.4 Å². The van der Waals surface area contributed by atoms with E-state index in [-0.39, 0.29) is 17.4 Å². The highest BCUT2D eigenvalue weighted by Gasteiger charge is 2.20. The first kappa shape index (κ1) is 16.7. The average Bonchev–Trinajstić information content (AvgIpc) is 3.10. The third kappa shape index (κ3) is 4.04. The maximum atomic E-state index is 13.2. The van der Waals surface area contributed by atoms with Crippen molar-refractivity contribution in [2.45, 2.75) is 12.6 Å². The number of rotatable bonds is 6. The standard InChI is InChI=1S/C17H17FN6O/c18-14-3-1-12(2-4-14)16(13-5-8-20-9-6-13)21-17(25)15-11-24(10-7-19)23-22-15/h1-6,8-9,11,16H,7,10,19H2,(H,21,25)/t16-/m0/s1. The van der Waals surface area contributed by atoms with Crippen LogP contribution in [0.25, 0.3) is 0 Å². The number of carbonyl (C=O) groups is 1. The first-order chi connectivity index (χ1) is 12.2. The second kappa shape index (κ2) is 7.63. The van der Waals surface area contributed by atoms with Crippen LogP contribution in [0.3, 0.4) is 0 Å². The van der Waals surface area contributed by atoms with Crippen LogP contribution in [-0.4, -0.2) is 32.4 Å². The van der Waals surface area contributed by atoms with E-state index in [9.17, 15) is 9.18 Å². The molecule has 0 unspecified atom stereocenters. The van der Waals surface area contributed by atoms with Crippen LogP contribution >= 0.6 is 0 Å². The minimum atomic E-state index is -0.462. The highest BCUT2D eigenvalue weighted by Crippen LogP contribution is 2.22. The topological polar surface area (TPSA) is 98.7 Å². The molecule has 0 saturated carbocycles. The Balaban J connectivity index is 1.86. The molecule has 3 rings (SSSR count). The minimum absolute atomic E-state index is 0.189. The fourth-order valence-corrected chi connectivity index (χ4v) is 2.42. The summed E-state index contributed by atoms with van der Waals surface area (Å²) in [6, 6.07) is 9.09. The Hall–Kier alpha value is -3.13. The van der Waals surface area contributed by atoms with Crippen LogP contribution < -0.4 is 11.1 Å². The fraction of sp³-hybridized carbons (Fsp3) is 0.176. The summed E-state index contributed by atoms with van der Waals surface area (Å²) in [6.45, 7) is 0.881. The second-order valence-electron chi connectivity index (χ2n) is 5.39. The molecule has 8 heteroatoms. The molecular formula is C17H17FN6O. The predicted molar refractivity (Wildman–Crippen MR) is 89.0 cm³/mol. The Kier molecular flexibility index (Phi) is 5.10. The number of nitrogens with two attached hydrogens (primary N) is 1. The van der Waals surface area contributed by atoms with E-state index in [4.69, 9.17) is 5.73 Å². The van der Waals surface area contributed by atoms with Crippen LogP contribution in [0.5, 0.6) is 0 Å². The number of hydrogen-bond donors (Lipinski definition) is 2. The van der Waals surface area contributed by atoms with Crippen LogP contribution in [0.2, 0.25) is 0 Å². The molecule has 7 nitrogen and oxygen atoms in total. The van der Waals surface area contributed by atoms with Crippen LogP contribution in [0.15, 0.2) is 55.0 Å². The molecule has 128 valence electrons. The first-order valence-electron chi connectivity index (χ1n) is 7.74. The van der Waals surface area contributed by atoms with Crippen LogP contribution in [0, 0.1) is 5.82 Å². The molecule has 3 aromatic rings. The summed E-state index contributed by atoms with van der Waals surface area (Å²) >= 11 is 0. The Morgan fingerprint density at radius 3 is 2.52 bits per heavy atom. The van der Waals surface area contributed by atoms with Gasteiger partial charge in [0.15, 0.2) is 5.69 Å². The van der Waals surface area contributed by atoms with Gasteiger partial charge in [0.1, 0.15) is 5.82 Å². The second-order valence-corrected chi connectivity index (χ2v) is 5.39. The van der Waals surface area contributed by atoms with E-state index in [0.717, 1.165) is 11.1 Å². The van der Waals surface area contributed by atoms with Crippen molar-refractivity contribution in [3.63, 3.8) is 0 Å². The van der Waals surface area contributed by atoms with Gasteiger partial charge in [-0.25, -0.2) is 4.39 Å². The zero-order chi connectivity index (χ0) is 17.6. The van der Waals surface area contributed by atoms with Gasteiger partial charge in [-0.3, -0.25) is 14.5 Å². The van der Waals surface area contributed by atoms with Gasteiger partial charge in [0.2, 0.25) is 0 Å². The molecule has 0 bridgehead atoms. The van der Waals surface area contributed by atoms with Crippen LogP contribution in [0.4, 0.5) is 4.39 Å². The maximum Gasteiger partial charge on any atom is 0.274 e. The number of hydrogen-bond acceptors (Lipinski definition) is 5. The van der Waals surface area contributed by atoms with Crippen molar-refractivity contribution in [2.24, 2.45) is 5.73 Å². The van der Waals surface area contributed by atoms with Crippen molar-refractivity contribution in [1.82, 2.24) is 25.3 Å². The van der Waals surface area contributed by atoms with Gasteiger partial charge >= 0.3 is 0 Å². The van der Waals surface area contributed by atoms with Crippen molar-refractivity contribution in [3.8, 4) is 0 Å². The molecule has 0 radical (unpaired) electrons. The van der Waals surface area contributed by atoms with Gasteiger partial charge in [-0.1, -0.05) is 17.3 Å². The summed E-state index contributed by atoms with van der Waals surface area (Å²) in [6.07, 6.45) is 4.81. The lowest BCUT2D eigenvalue weighted by molar-refractivity contribution is 0.0938. The number of nitrogens with one attached hydrogen (secondary N) is 1. The molecular weight excluding hydrogens is 323 g/mol. The Morgan fingerprint density at radius 1 is 1.16 bits per heavy atom. The van der Waals surface area contributed by atoms with E-state index in [1.807, 2.05) is 0 Å². The van der Waals surface area contributed by atoms with E-state index < -0.39 is 6.04 Å². The lowest BCUT2D eigenvalue weighted by Gasteiger charge is -2.19. The molecule has 0 saturated heterocycles. The van der Waals surface area contributed by atoms with Crippen molar-refractivity contribution in [1.29, 1.82) is 0 Å². The van der Waals surface area contributed by atoms with E-state index in [1.54, 1.807) is 36.7 Å². The van der Waals surface area contributed by atoms with Gasteiger partial charge in [0, 0.05) is 18.9 Å². The number of halogens is 1. The SMILES string of the molecule is NCCn1cc(C(=O)N[C@H](c2ccncc2)c2ccc(F)cc2)nn1. The summed E-state index contributed by atoms with van der Waals surface area (Å²) in [5, 5.41) is 10.6. The highest BCUT2D eigenvalue weighted by atomic mass is 19.1. The minimum Gasteiger partial charge on any atom is -0.340 e. The highest BCUT2D eigenvalue weighted by molar-refractivity contribution is 5.92. The molecule has 0 aliphatic rings. The third-order valence-corrected chi connectivity index (χ3v) is 3.65. The lowest BCUT2D eigenvalue weighted by atomic mass is 9.99. The molecule has 25 heavy (non-hydrogen) atoms. The van der Waals surface area contributed by atoms with Gasteiger partial charge in [0.05, 0.1) is 18.8 Å². The monoisotopic (exact) mass is 340 g/mol. The third-order valence-electron chi connectivity index (χ3n) is 3.65. The van der Waals surface area contributed by atoms with Gasteiger partial charge in [-0.2, -0.15) is 0 Å². The van der Waals surface area contributed by atoms with Crippen molar-refractivity contribution in [2.75, 3.05) is 6.54 Å². The molecule has 1 amide bonds. The number of benzene rings is 1.